The van der Waals surface area contributed by atoms with Crippen LogP contribution in [0, 0.1) is 0 Å². The summed E-state index contributed by atoms with van der Waals surface area (Å²) in [6, 6.07) is 7.68. The average molecular weight is 359 g/mol. The van der Waals surface area contributed by atoms with Gasteiger partial charge in [-0.05, 0) is 30.2 Å². The molecule has 1 fully saturated rings. The molecule has 1 N–H and O–H groups in total. The van der Waals surface area contributed by atoms with Crippen molar-refractivity contribution in [3.63, 3.8) is 0 Å². The van der Waals surface area contributed by atoms with Gasteiger partial charge in [-0.15, -0.1) is 0 Å². The van der Waals surface area contributed by atoms with E-state index >= 15 is 0 Å². The molecule has 6 nitrogen and oxygen atoms in total. The van der Waals surface area contributed by atoms with Crippen molar-refractivity contribution >= 4 is 22.9 Å². The van der Waals surface area contributed by atoms with E-state index in [0.717, 1.165) is 36.2 Å². The van der Waals surface area contributed by atoms with Gasteiger partial charge < -0.3 is 9.75 Å². The molecule has 1 saturated heterocycles. The molecule has 7 heteroatoms. The van der Waals surface area contributed by atoms with E-state index in [2.05, 4.69) is 21.4 Å². The van der Waals surface area contributed by atoms with Gasteiger partial charge in [0.25, 0.3) is 5.24 Å². The van der Waals surface area contributed by atoms with Crippen LogP contribution in [0.4, 0.5) is 4.79 Å². The van der Waals surface area contributed by atoms with Crippen LogP contribution in [-0.2, 0) is 11.2 Å². The average Bonchev–Trinajstić information content (AvgIpc) is 2.94. The monoisotopic (exact) mass is 359 g/mol. The lowest BCUT2D eigenvalue weighted by Gasteiger charge is -2.30. The molecule has 1 unspecified atom stereocenters. The van der Waals surface area contributed by atoms with Crippen molar-refractivity contribution < 1.29 is 14.3 Å². The number of imide groups is 1. The number of amides is 2. The van der Waals surface area contributed by atoms with E-state index in [1.807, 2.05) is 49.7 Å². The Morgan fingerprint density at radius 1 is 1.28 bits per heavy atom. The van der Waals surface area contributed by atoms with Crippen molar-refractivity contribution in [2.75, 3.05) is 26.7 Å². The van der Waals surface area contributed by atoms with Crippen LogP contribution in [0.1, 0.15) is 5.56 Å². The lowest BCUT2D eigenvalue weighted by Crippen LogP contribution is -2.39. The van der Waals surface area contributed by atoms with Gasteiger partial charge >= 0.3 is 0 Å². The Morgan fingerprint density at radius 3 is 2.72 bits per heavy atom. The van der Waals surface area contributed by atoms with E-state index in [4.69, 9.17) is 4.74 Å². The van der Waals surface area contributed by atoms with E-state index in [0.29, 0.717) is 13.0 Å². The van der Waals surface area contributed by atoms with Crippen molar-refractivity contribution in [2.45, 2.75) is 11.7 Å². The van der Waals surface area contributed by atoms with Crippen LogP contribution in [0.15, 0.2) is 48.7 Å². The first-order valence-corrected chi connectivity index (χ1v) is 9.04. The predicted molar refractivity (Wildman–Crippen MR) is 98.2 cm³/mol. The summed E-state index contributed by atoms with van der Waals surface area (Å²) in [5.74, 6) is 0.589. The minimum absolute atomic E-state index is 0.208. The fraction of sp³-hybridized carbons (Fsp3) is 0.333. The number of ether oxygens (including phenoxy) is 1. The Balaban J connectivity index is 1.43. The Morgan fingerprint density at radius 2 is 2.08 bits per heavy atom. The molecule has 0 saturated carbocycles. The van der Waals surface area contributed by atoms with Crippen LogP contribution in [0.5, 0.6) is 5.75 Å². The standard InChI is InChI=1S/C18H21N3O3S/c1-20(21-9-3-2-4-10-21)11-12-24-15-7-5-14(6-8-15)13-16-17(22)19-18(23)25-16/h2-9,16H,10-13H2,1H3,(H,19,22,23). The first-order valence-electron chi connectivity index (χ1n) is 8.16. The van der Waals surface area contributed by atoms with Crippen LogP contribution >= 0.6 is 11.8 Å². The van der Waals surface area contributed by atoms with Gasteiger partial charge in [0, 0.05) is 13.2 Å². The lowest BCUT2D eigenvalue weighted by atomic mass is 10.1. The molecule has 0 aromatic heterocycles. The van der Waals surface area contributed by atoms with Crippen LogP contribution < -0.4 is 10.1 Å². The van der Waals surface area contributed by atoms with Gasteiger partial charge in [-0.2, -0.15) is 0 Å². The Kier molecular flexibility index (Phi) is 5.78. The number of nitrogens with one attached hydrogen (secondary N) is 1. The summed E-state index contributed by atoms with van der Waals surface area (Å²) in [5, 5.41) is 5.94. The molecule has 2 amide bonds. The number of nitrogens with zero attached hydrogens (tertiary/aromatic N) is 2. The molecule has 2 aliphatic heterocycles. The fourth-order valence-electron chi connectivity index (χ4n) is 2.60. The maximum absolute atomic E-state index is 11.6. The zero-order chi connectivity index (χ0) is 17.6. The van der Waals surface area contributed by atoms with Crippen molar-refractivity contribution in [1.29, 1.82) is 0 Å². The number of hydrogen-bond acceptors (Lipinski definition) is 6. The predicted octanol–water partition coefficient (Wildman–Crippen LogP) is 2.19. The third kappa shape index (κ3) is 4.87. The molecule has 0 bridgehead atoms. The molecule has 2 heterocycles. The van der Waals surface area contributed by atoms with E-state index in [1.165, 1.54) is 0 Å². The number of benzene rings is 1. The number of likely N-dealkylation sites (N-methyl/N-ethyl adjacent to an activating group) is 1. The molecule has 2 aliphatic rings. The Hall–Kier alpha value is -2.25. The Bertz CT molecular complexity index is 687. The molecular weight excluding hydrogens is 338 g/mol. The molecule has 25 heavy (non-hydrogen) atoms. The summed E-state index contributed by atoms with van der Waals surface area (Å²) in [5.41, 5.74) is 1.01. The Labute approximate surface area is 151 Å². The summed E-state index contributed by atoms with van der Waals surface area (Å²) in [7, 11) is 2.03. The molecule has 3 rings (SSSR count). The largest absolute Gasteiger partial charge is 0.492 e. The summed E-state index contributed by atoms with van der Waals surface area (Å²) in [6.07, 6.45) is 8.73. The molecule has 132 valence electrons. The molecule has 1 aromatic rings. The SMILES string of the molecule is CN(CCOc1ccc(CC2SC(=O)NC2=O)cc1)N1C=CC=CC1. The number of rotatable bonds is 7. The topological polar surface area (TPSA) is 61.9 Å². The quantitative estimate of drug-likeness (QED) is 0.805. The van der Waals surface area contributed by atoms with E-state index in [1.54, 1.807) is 0 Å². The summed E-state index contributed by atoms with van der Waals surface area (Å²) < 4.78 is 5.78. The maximum Gasteiger partial charge on any atom is 0.286 e. The van der Waals surface area contributed by atoms with Gasteiger partial charge in [0.15, 0.2) is 0 Å². The minimum atomic E-state index is -0.334. The van der Waals surface area contributed by atoms with Gasteiger partial charge in [-0.3, -0.25) is 14.9 Å². The highest BCUT2D eigenvalue weighted by Crippen LogP contribution is 2.23. The second kappa shape index (κ2) is 8.22. The first kappa shape index (κ1) is 17.6. The number of hydrazine groups is 1. The molecule has 1 atom stereocenters. The highest BCUT2D eigenvalue weighted by atomic mass is 32.2. The second-order valence-corrected chi connectivity index (χ2v) is 7.03. The summed E-state index contributed by atoms with van der Waals surface area (Å²) in [4.78, 5) is 22.8. The normalized spacial score (nSPS) is 19.6. The smallest absolute Gasteiger partial charge is 0.286 e. The lowest BCUT2D eigenvalue weighted by molar-refractivity contribution is -0.118. The zero-order valence-corrected chi connectivity index (χ0v) is 14.9. The third-order valence-electron chi connectivity index (χ3n) is 4.03. The van der Waals surface area contributed by atoms with E-state index in [-0.39, 0.29) is 16.4 Å². The number of thioether (sulfide) groups is 1. The number of carbonyl (C=O) groups excluding carboxylic acids is 2. The zero-order valence-electron chi connectivity index (χ0n) is 14.1. The van der Waals surface area contributed by atoms with E-state index in [9.17, 15) is 9.59 Å². The van der Waals surface area contributed by atoms with Crippen LogP contribution in [-0.4, -0.2) is 53.2 Å². The number of carbonyl (C=O) groups is 2. The molecule has 0 radical (unpaired) electrons. The van der Waals surface area contributed by atoms with Gasteiger partial charge in [-0.25, -0.2) is 5.01 Å². The molecular formula is C18H21N3O3S. The van der Waals surface area contributed by atoms with Gasteiger partial charge in [0.1, 0.15) is 12.4 Å². The number of allylic oxidation sites excluding steroid dienone is 2. The fourth-order valence-corrected chi connectivity index (χ4v) is 3.46. The van der Waals surface area contributed by atoms with Crippen molar-refractivity contribution in [1.82, 2.24) is 15.3 Å². The summed E-state index contributed by atoms with van der Waals surface area (Å²) in [6.45, 7) is 2.23. The van der Waals surface area contributed by atoms with Crippen molar-refractivity contribution in [2.24, 2.45) is 0 Å². The van der Waals surface area contributed by atoms with Crippen molar-refractivity contribution in [3.05, 3.63) is 54.3 Å². The van der Waals surface area contributed by atoms with E-state index < -0.39 is 0 Å². The van der Waals surface area contributed by atoms with Crippen LogP contribution in [0.25, 0.3) is 0 Å². The molecule has 0 aliphatic carbocycles. The second-order valence-electron chi connectivity index (χ2n) is 5.85. The highest BCUT2D eigenvalue weighted by molar-refractivity contribution is 8.15. The summed E-state index contributed by atoms with van der Waals surface area (Å²) >= 11 is 1.05. The van der Waals surface area contributed by atoms with Gasteiger partial charge in [0.2, 0.25) is 5.91 Å². The maximum atomic E-state index is 11.6. The van der Waals surface area contributed by atoms with Gasteiger partial charge in [-0.1, -0.05) is 36.0 Å². The highest BCUT2D eigenvalue weighted by Gasteiger charge is 2.31. The third-order valence-corrected chi connectivity index (χ3v) is 5.01. The molecule has 1 aromatic carbocycles. The molecule has 0 spiro atoms. The van der Waals surface area contributed by atoms with Crippen LogP contribution in [0.3, 0.4) is 0 Å². The van der Waals surface area contributed by atoms with Crippen molar-refractivity contribution in [3.8, 4) is 5.75 Å². The number of hydrogen-bond donors (Lipinski definition) is 1. The first-order chi connectivity index (χ1) is 12.1. The minimum Gasteiger partial charge on any atom is -0.492 e. The van der Waals surface area contributed by atoms with Crippen LogP contribution in [0.2, 0.25) is 0 Å². The van der Waals surface area contributed by atoms with Gasteiger partial charge in [0.05, 0.1) is 18.3 Å².